The number of benzene rings is 1. The zero-order chi connectivity index (χ0) is 14.5. The van der Waals surface area contributed by atoms with E-state index in [2.05, 4.69) is 15.0 Å². The fourth-order valence-electron chi connectivity index (χ4n) is 2.26. The average molecular weight is 289 g/mol. The lowest BCUT2D eigenvalue weighted by molar-refractivity contribution is -0.0521. The molecule has 0 radical (unpaired) electrons. The summed E-state index contributed by atoms with van der Waals surface area (Å²) in [5.41, 5.74) is 6.23. The van der Waals surface area contributed by atoms with Crippen LogP contribution in [0.3, 0.4) is 0 Å². The third-order valence-electron chi connectivity index (χ3n) is 3.26. The molecule has 4 nitrogen and oxygen atoms in total. The predicted molar refractivity (Wildman–Crippen MR) is 71.6 cm³/mol. The summed E-state index contributed by atoms with van der Waals surface area (Å²) in [5.74, 6) is -1.40. The number of nitrogens with zero attached hydrogens (tertiary/aromatic N) is 1. The van der Waals surface area contributed by atoms with Gasteiger partial charge in [-0.05, 0) is 25.9 Å². The normalized spacial score (nSPS) is 15.8. The van der Waals surface area contributed by atoms with Gasteiger partial charge in [0.15, 0.2) is 11.6 Å². The van der Waals surface area contributed by atoms with Crippen molar-refractivity contribution in [3.63, 3.8) is 0 Å². The first-order valence-electron chi connectivity index (χ1n) is 6.56. The number of hydrogen-bond donors (Lipinski definition) is 2. The van der Waals surface area contributed by atoms with Gasteiger partial charge in [-0.15, -0.1) is 0 Å². The van der Waals surface area contributed by atoms with Crippen molar-refractivity contribution in [1.29, 1.82) is 0 Å². The van der Waals surface area contributed by atoms with E-state index in [4.69, 9.17) is 5.73 Å². The Morgan fingerprint density at radius 1 is 1.30 bits per heavy atom. The first-order chi connectivity index (χ1) is 9.56. The lowest BCUT2D eigenvalue weighted by Crippen LogP contribution is -2.26. The predicted octanol–water partition coefficient (Wildman–Crippen LogP) is 2.52. The van der Waals surface area contributed by atoms with Crippen LogP contribution in [0.5, 0.6) is 5.75 Å². The Hall–Kier alpha value is -1.63. The van der Waals surface area contributed by atoms with E-state index in [0.717, 1.165) is 25.7 Å². The molecule has 1 aromatic rings. The van der Waals surface area contributed by atoms with E-state index in [-0.39, 0.29) is 5.69 Å². The fraction of sp³-hybridized carbons (Fsp3) is 0.538. The molecule has 0 saturated carbocycles. The van der Waals surface area contributed by atoms with Gasteiger partial charge in [-0.2, -0.15) is 8.78 Å². The van der Waals surface area contributed by atoms with Crippen LogP contribution in [0.1, 0.15) is 12.8 Å². The Labute approximate surface area is 115 Å². The lowest BCUT2D eigenvalue weighted by atomic mass is 10.2. The maximum atomic E-state index is 13.4. The lowest BCUT2D eigenvalue weighted by Gasteiger charge is -2.17. The first-order valence-corrected chi connectivity index (χ1v) is 6.56. The molecule has 0 aliphatic carbocycles. The summed E-state index contributed by atoms with van der Waals surface area (Å²) in [6.45, 7) is 0.525. The van der Waals surface area contributed by atoms with Crippen molar-refractivity contribution >= 4 is 11.4 Å². The Morgan fingerprint density at radius 3 is 2.65 bits per heavy atom. The number of ether oxygens (including phenoxy) is 1. The summed E-state index contributed by atoms with van der Waals surface area (Å²) in [6, 6.07) is 2.15. The molecule has 0 bridgehead atoms. The topological polar surface area (TPSA) is 50.5 Å². The Bertz CT molecular complexity index is 451. The third kappa shape index (κ3) is 3.93. The highest BCUT2D eigenvalue weighted by Gasteiger charge is 2.14. The molecule has 0 unspecified atom stereocenters. The number of nitrogens with one attached hydrogen (secondary N) is 1. The quantitative estimate of drug-likeness (QED) is 0.790. The Balaban J connectivity index is 1.95. The number of alkyl halides is 2. The summed E-state index contributed by atoms with van der Waals surface area (Å²) in [7, 11) is 0. The van der Waals surface area contributed by atoms with E-state index < -0.39 is 18.2 Å². The largest absolute Gasteiger partial charge is 0.432 e. The van der Waals surface area contributed by atoms with Crippen LogP contribution in [-0.4, -0.2) is 37.7 Å². The molecule has 0 amide bonds. The van der Waals surface area contributed by atoms with Crippen molar-refractivity contribution in [1.82, 2.24) is 4.90 Å². The molecule has 0 aromatic heterocycles. The highest BCUT2D eigenvalue weighted by atomic mass is 19.3. The van der Waals surface area contributed by atoms with Crippen molar-refractivity contribution in [2.24, 2.45) is 0 Å². The summed E-state index contributed by atoms with van der Waals surface area (Å²) >= 11 is 0. The first kappa shape index (κ1) is 14.8. The van der Waals surface area contributed by atoms with Crippen LogP contribution in [0.2, 0.25) is 0 Å². The maximum Gasteiger partial charge on any atom is 0.387 e. The van der Waals surface area contributed by atoms with Crippen LogP contribution < -0.4 is 15.8 Å². The van der Waals surface area contributed by atoms with E-state index in [1.165, 1.54) is 18.9 Å². The third-order valence-corrected chi connectivity index (χ3v) is 3.26. The number of rotatable bonds is 6. The van der Waals surface area contributed by atoms with Gasteiger partial charge in [0.25, 0.3) is 0 Å². The fourth-order valence-corrected chi connectivity index (χ4v) is 2.26. The van der Waals surface area contributed by atoms with Crippen molar-refractivity contribution in [3.8, 4) is 5.75 Å². The minimum atomic E-state index is -3.06. The van der Waals surface area contributed by atoms with E-state index in [9.17, 15) is 13.2 Å². The molecule has 1 fully saturated rings. The second-order valence-electron chi connectivity index (χ2n) is 4.72. The Morgan fingerprint density at radius 2 is 2.00 bits per heavy atom. The van der Waals surface area contributed by atoms with Gasteiger partial charge in [0.2, 0.25) is 0 Å². The van der Waals surface area contributed by atoms with Crippen molar-refractivity contribution < 1.29 is 17.9 Å². The maximum absolute atomic E-state index is 13.4. The van der Waals surface area contributed by atoms with E-state index >= 15 is 0 Å². The monoisotopic (exact) mass is 289 g/mol. The van der Waals surface area contributed by atoms with Gasteiger partial charge in [-0.25, -0.2) is 4.39 Å². The van der Waals surface area contributed by atoms with Crippen LogP contribution in [-0.2, 0) is 0 Å². The molecule has 2 rings (SSSR count). The van der Waals surface area contributed by atoms with Gasteiger partial charge in [-0.3, -0.25) is 0 Å². The number of nitrogens with two attached hydrogens (primary N) is 1. The molecule has 7 heteroatoms. The SMILES string of the molecule is Nc1cc(F)c(OC(F)F)cc1NCCN1CCCC1. The van der Waals surface area contributed by atoms with Crippen molar-refractivity contribution in [2.75, 3.05) is 37.2 Å². The molecule has 3 N–H and O–H groups in total. The smallest absolute Gasteiger partial charge is 0.387 e. The van der Waals surface area contributed by atoms with Gasteiger partial charge < -0.3 is 20.7 Å². The van der Waals surface area contributed by atoms with E-state index in [0.29, 0.717) is 12.2 Å². The summed E-state index contributed by atoms with van der Waals surface area (Å²) in [5, 5.41) is 3.02. The van der Waals surface area contributed by atoms with Crippen molar-refractivity contribution in [3.05, 3.63) is 17.9 Å². The molecule has 0 spiro atoms. The zero-order valence-electron chi connectivity index (χ0n) is 11.0. The summed E-state index contributed by atoms with van der Waals surface area (Å²) in [4.78, 5) is 2.29. The van der Waals surface area contributed by atoms with Gasteiger partial charge in [-0.1, -0.05) is 0 Å². The molecule has 112 valence electrons. The number of hydrogen-bond acceptors (Lipinski definition) is 4. The minimum Gasteiger partial charge on any atom is -0.432 e. The summed E-state index contributed by atoms with van der Waals surface area (Å²) in [6.07, 6.45) is 2.40. The number of anilines is 2. The second kappa shape index (κ2) is 6.69. The van der Waals surface area contributed by atoms with Crippen LogP contribution in [0.15, 0.2) is 12.1 Å². The highest BCUT2D eigenvalue weighted by Crippen LogP contribution is 2.29. The van der Waals surface area contributed by atoms with Gasteiger partial charge in [0.1, 0.15) is 0 Å². The number of nitrogen functional groups attached to an aromatic ring is 1. The molecule has 1 heterocycles. The van der Waals surface area contributed by atoms with Crippen LogP contribution in [0.4, 0.5) is 24.5 Å². The highest BCUT2D eigenvalue weighted by molar-refractivity contribution is 5.68. The van der Waals surface area contributed by atoms with Gasteiger partial charge in [0.05, 0.1) is 11.4 Å². The molecule has 0 atom stereocenters. The van der Waals surface area contributed by atoms with Gasteiger partial charge in [0, 0.05) is 25.2 Å². The molecule has 1 aromatic carbocycles. The standard InChI is InChI=1S/C13H18F3N3O/c14-9-7-10(17)11(8-12(9)20-13(15)16)18-3-6-19-4-1-2-5-19/h7-8,13,18H,1-6,17H2. The van der Waals surface area contributed by atoms with Crippen LogP contribution >= 0.6 is 0 Å². The van der Waals surface area contributed by atoms with Crippen LogP contribution in [0, 0.1) is 5.82 Å². The molecule has 20 heavy (non-hydrogen) atoms. The molecule has 1 aliphatic heterocycles. The molecular weight excluding hydrogens is 271 g/mol. The van der Waals surface area contributed by atoms with E-state index in [1.54, 1.807) is 0 Å². The van der Waals surface area contributed by atoms with E-state index in [1.807, 2.05) is 0 Å². The number of likely N-dealkylation sites (tertiary alicyclic amines) is 1. The van der Waals surface area contributed by atoms with Crippen molar-refractivity contribution in [2.45, 2.75) is 19.5 Å². The molecule has 1 aliphatic rings. The second-order valence-corrected chi connectivity index (χ2v) is 4.72. The number of halogens is 3. The molecule has 1 saturated heterocycles. The van der Waals surface area contributed by atoms with Gasteiger partial charge >= 0.3 is 6.61 Å². The molecular formula is C13H18F3N3O. The minimum absolute atomic E-state index is 0.172. The zero-order valence-corrected chi connectivity index (χ0v) is 11.0. The Kier molecular flexibility index (Phi) is 4.94. The average Bonchev–Trinajstić information content (AvgIpc) is 2.87. The van der Waals surface area contributed by atoms with Crippen LogP contribution in [0.25, 0.3) is 0 Å². The summed E-state index contributed by atoms with van der Waals surface area (Å²) < 4.78 is 41.8.